The van der Waals surface area contributed by atoms with E-state index in [0.717, 1.165) is 21.7 Å². The summed E-state index contributed by atoms with van der Waals surface area (Å²) in [6, 6.07) is 11.1. The fourth-order valence-corrected chi connectivity index (χ4v) is 4.29. The van der Waals surface area contributed by atoms with Crippen LogP contribution >= 0.6 is 7.82 Å². The van der Waals surface area contributed by atoms with Crippen molar-refractivity contribution in [1.82, 2.24) is 15.2 Å². The average molecular weight is 566 g/mol. The summed E-state index contributed by atoms with van der Waals surface area (Å²) in [5.74, 6) is -1.99. The van der Waals surface area contributed by atoms with E-state index in [2.05, 4.69) is 14.8 Å². The van der Waals surface area contributed by atoms with Crippen LogP contribution in [0, 0.1) is 11.6 Å². The Bertz CT molecular complexity index is 1360. The quantitative estimate of drug-likeness (QED) is 0.185. The van der Waals surface area contributed by atoms with Crippen LogP contribution in [0.15, 0.2) is 54.7 Å². The molecule has 0 aliphatic heterocycles. The predicted octanol–water partition coefficient (Wildman–Crippen LogP) is 4.49. The highest BCUT2D eigenvalue weighted by Gasteiger charge is 2.27. The van der Waals surface area contributed by atoms with E-state index in [0.29, 0.717) is 6.42 Å². The highest BCUT2D eigenvalue weighted by molar-refractivity contribution is 7.46. The number of nitrogens with one attached hydrogen (secondary N) is 1. The Morgan fingerprint density at radius 2 is 1.82 bits per heavy atom. The van der Waals surface area contributed by atoms with Gasteiger partial charge in [0.2, 0.25) is 0 Å². The summed E-state index contributed by atoms with van der Waals surface area (Å²) in [6.45, 7) is -0.719. The lowest BCUT2D eigenvalue weighted by Gasteiger charge is -2.32. The molecule has 1 heterocycles. The van der Waals surface area contributed by atoms with Gasteiger partial charge in [0.15, 0.2) is 11.6 Å². The molecule has 11 nitrogen and oxygen atoms in total. The number of carbonyl (C=O) groups excluding carboxylic acids is 1. The maximum absolute atomic E-state index is 14.0. The zero-order chi connectivity index (χ0) is 28.6. The van der Waals surface area contributed by atoms with Crippen LogP contribution in [0.25, 0.3) is 10.8 Å². The summed E-state index contributed by atoms with van der Waals surface area (Å²) in [5.41, 5.74) is -0.0598. The summed E-state index contributed by atoms with van der Waals surface area (Å²) >= 11 is 0. The largest absolute Gasteiger partial charge is 0.469 e. The van der Waals surface area contributed by atoms with Gasteiger partial charge in [-0.25, -0.2) is 27.9 Å². The molecule has 14 heteroatoms. The Labute approximate surface area is 223 Å². The first-order valence-electron chi connectivity index (χ1n) is 11.9. The molecule has 0 saturated heterocycles. The van der Waals surface area contributed by atoms with Gasteiger partial charge < -0.3 is 25.1 Å². The molecule has 0 fully saturated rings. The Kier molecular flexibility index (Phi) is 10.3. The van der Waals surface area contributed by atoms with Crippen LogP contribution in [0.5, 0.6) is 0 Å². The molecule has 0 aliphatic carbocycles. The first-order chi connectivity index (χ1) is 18.5. The molecule has 3 amide bonds. The maximum atomic E-state index is 14.0. The highest BCUT2D eigenvalue weighted by Crippen LogP contribution is 2.35. The van der Waals surface area contributed by atoms with E-state index >= 15 is 0 Å². The zero-order valence-corrected chi connectivity index (χ0v) is 21.9. The van der Waals surface area contributed by atoms with Crippen molar-refractivity contribution in [3.63, 3.8) is 0 Å². The van der Waals surface area contributed by atoms with Crippen LogP contribution in [0.1, 0.15) is 24.8 Å². The fourth-order valence-electron chi connectivity index (χ4n) is 3.92. The van der Waals surface area contributed by atoms with E-state index in [1.807, 2.05) is 18.2 Å². The molecule has 3 aromatic rings. The van der Waals surface area contributed by atoms with Gasteiger partial charge in [-0.2, -0.15) is 0 Å². The number of rotatable bonds is 12. The molecule has 2 aromatic carbocycles. The number of anilines is 1. The van der Waals surface area contributed by atoms with Crippen molar-refractivity contribution in [3.8, 4) is 0 Å². The van der Waals surface area contributed by atoms with E-state index in [9.17, 15) is 28.0 Å². The second-order valence-corrected chi connectivity index (χ2v) is 9.98. The third-order valence-corrected chi connectivity index (χ3v) is 6.56. The summed E-state index contributed by atoms with van der Waals surface area (Å²) in [5, 5.41) is 14.0. The van der Waals surface area contributed by atoms with E-state index < -0.39 is 37.6 Å². The predicted molar refractivity (Wildman–Crippen MR) is 139 cm³/mol. The molecule has 0 radical (unpaired) electrons. The number of carboxylic acid groups (broad SMARTS) is 1. The number of unbranched alkanes of at least 4 members (excludes halogenated alkanes) is 1. The van der Waals surface area contributed by atoms with Crippen LogP contribution in [-0.2, 0) is 15.6 Å². The number of pyridine rings is 1. The molecule has 1 aromatic heterocycles. The lowest BCUT2D eigenvalue weighted by atomic mass is 10.1. The lowest BCUT2D eigenvalue weighted by Crippen LogP contribution is -2.49. The van der Waals surface area contributed by atoms with Gasteiger partial charge in [-0.3, -0.25) is 9.42 Å². The van der Waals surface area contributed by atoms with E-state index in [1.165, 1.54) is 24.1 Å². The van der Waals surface area contributed by atoms with Crippen molar-refractivity contribution in [2.24, 2.45) is 0 Å². The number of nitrogens with zero attached hydrogens (tertiary/aromatic N) is 3. The van der Waals surface area contributed by atoms with Crippen molar-refractivity contribution >= 4 is 36.5 Å². The van der Waals surface area contributed by atoms with Gasteiger partial charge in [0.05, 0.1) is 19.2 Å². The molecule has 3 rings (SSSR count). The maximum Gasteiger partial charge on any atom is 0.469 e. The normalized spacial score (nSPS) is 12.2. The van der Waals surface area contributed by atoms with Gasteiger partial charge in [-0.15, -0.1) is 0 Å². The summed E-state index contributed by atoms with van der Waals surface area (Å²) in [4.78, 5) is 49.4. The van der Waals surface area contributed by atoms with Crippen molar-refractivity contribution < 1.29 is 42.4 Å². The molecular formula is C25H29F2N4O7P. The lowest BCUT2D eigenvalue weighted by molar-refractivity contribution is 0.174. The van der Waals surface area contributed by atoms with E-state index in [1.54, 1.807) is 18.3 Å². The average Bonchev–Trinajstić information content (AvgIpc) is 2.89. The minimum atomic E-state index is -4.63. The second kappa shape index (κ2) is 13.4. The number of hydrogen-bond acceptors (Lipinski definition) is 5. The molecule has 0 saturated carbocycles. The number of hydrogen-bond donors (Lipinski definition) is 4. The third kappa shape index (κ3) is 8.69. The molecule has 0 bridgehead atoms. The summed E-state index contributed by atoms with van der Waals surface area (Å²) in [6.07, 6.45) is 1.04. The van der Waals surface area contributed by atoms with Gasteiger partial charge in [0.25, 0.3) is 0 Å². The Hall–Kier alpha value is -3.64. The van der Waals surface area contributed by atoms with E-state index in [4.69, 9.17) is 9.79 Å². The minimum absolute atomic E-state index is 0.0598. The standard InChI is InChI=1S/C25H29F2N4O7P/c1-30(24(32)29-15-19-9-6-11-21(26)23(19)27)20(10-4-5-12-38-39(35,36)37)16-31(25(33)34)22-13-17-7-2-3-8-18(17)14-28-22/h2-3,6-9,11,13-14,20H,4-5,10,12,15-16H2,1H3,(H,29,32)(H,33,34)(H2,35,36,37). The van der Waals surface area contributed by atoms with Crippen LogP contribution in [0.3, 0.4) is 0 Å². The number of phosphoric acid groups is 1. The first kappa shape index (κ1) is 29.9. The van der Waals surface area contributed by atoms with Crippen LogP contribution < -0.4 is 10.2 Å². The highest BCUT2D eigenvalue weighted by atomic mass is 31.2. The fraction of sp³-hybridized carbons (Fsp3) is 0.320. The molecular weight excluding hydrogens is 537 g/mol. The van der Waals surface area contributed by atoms with Crippen molar-refractivity contribution in [2.75, 3.05) is 25.1 Å². The molecule has 210 valence electrons. The zero-order valence-electron chi connectivity index (χ0n) is 21.0. The molecule has 39 heavy (non-hydrogen) atoms. The monoisotopic (exact) mass is 566 g/mol. The van der Waals surface area contributed by atoms with Crippen molar-refractivity contribution in [2.45, 2.75) is 31.8 Å². The first-order valence-corrected chi connectivity index (χ1v) is 13.5. The van der Waals surface area contributed by atoms with Crippen LogP contribution in [0.4, 0.5) is 24.2 Å². The second-order valence-electron chi connectivity index (χ2n) is 8.74. The number of amides is 3. The van der Waals surface area contributed by atoms with Crippen LogP contribution in [0.2, 0.25) is 0 Å². The smallest absolute Gasteiger partial charge is 0.465 e. The van der Waals surface area contributed by atoms with E-state index in [-0.39, 0.29) is 43.9 Å². The van der Waals surface area contributed by atoms with Crippen molar-refractivity contribution in [3.05, 3.63) is 71.9 Å². The number of likely N-dealkylation sites (N-methyl/N-ethyl adjacent to an activating group) is 1. The van der Waals surface area contributed by atoms with Gasteiger partial charge >= 0.3 is 19.9 Å². The number of fused-ring (bicyclic) bond motifs is 1. The van der Waals surface area contributed by atoms with Gasteiger partial charge in [-0.05, 0) is 36.8 Å². The molecule has 4 N–H and O–H groups in total. The molecule has 0 spiro atoms. The molecule has 1 atom stereocenters. The number of carbonyl (C=O) groups is 2. The number of benzene rings is 2. The number of halogens is 2. The Morgan fingerprint density at radius 3 is 2.51 bits per heavy atom. The van der Waals surface area contributed by atoms with Gasteiger partial charge in [0.1, 0.15) is 5.82 Å². The minimum Gasteiger partial charge on any atom is -0.465 e. The summed E-state index contributed by atoms with van der Waals surface area (Å²) < 4.78 is 42.9. The van der Waals surface area contributed by atoms with Crippen molar-refractivity contribution in [1.29, 1.82) is 0 Å². The van der Waals surface area contributed by atoms with Gasteiger partial charge in [-0.1, -0.05) is 36.4 Å². The summed E-state index contributed by atoms with van der Waals surface area (Å²) in [7, 11) is -3.20. The number of phosphoric ester groups is 1. The molecule has 0 aliphatic rings. The molecule has 1 unspecified atom stereocenters. The Balaban J connectivity index is 1.76. The topological polar surface area (TPSA) is 153 Å². The Morgan fingerprint density at radius 1 is 1.10 bits per heavy atom. The number of aromatic nitrogens is 1. The number of urea groups is 1. The SMILES string of the molecule is CN(C(=O)NCc1cccc(F)c1F)C(CCCCOP(=O)(O)O)CN(C(=O)O)c1cc2ccccc2cn1. The third-order valence-electron chi connectivity index (χ3n) is 6.04. The van der Waals surface area contributed by atoms with Crippen LogP contribution in [-0.4, -0.2) is 63.1 Å². The van der Waals surface area contributed by atoms with Gasteiger partial charge in [0, 0.05) is 30.7 Å².